The predicted molar refractivity (Wildman–Crippen MR) is 97.2 cm³/mol. The first-order valence-electron chi connectivity index (χ1n) is 7.17. The molecule has 0 saturated heterocycles. The van der Waals surface area contributed by atoms with E-state index in [1.54, 1.807) is 7.11 Å². The largest absolute Gasteiger partial charge is 0.496 e. The molecule has 0 fully saturated rings. The van der Waals surface area contributed by atoms with E-state index in [0.29, 0.717) is 17.1 Å². The van der Waals surface area contributed by atoms with Gasteiger partial charge in [-0.3, -0.25) is 4.79 Å². The van der Waals surface area contributed by atoms with Gasteiger partial charge in [0.1, 0.15) is 16.3 Å². The van der Waals surface area contributed by atoms with Gasteiger partial charge in [-0.1, -0.05) is 50.8 Å². The second-order valence-corrected chi connectivity index (χ2v) is 6.62. The minimum absolute atomic E-state index is 0.200. The van der Waals surface area contributed by atoms with E-state index in [4.69, 9.17) is 4.74 Å². The predicted octanol–water partition coefficient (Wildman–Crippen LogP) is 3.91. The molecule has 0 saturated carbocycles. The van der Waals surface area contributed by atoms with Crippen molar-refractivity contribution in [3.05, 3.63) is 63.4 Å². The number of rotatable bonds is 5. The minimum atomic E-state index is -0.200. The average molecular weight is 404 g/mol. The molecule has 0 aliphatic heterocycles. The number of hydrogen-bond acceptors (Lipinski definition) is 5. The van der Waals surface area contributed by atoms with Gasteiger partial charge in [0.15, 0.2) is 0 Å². The minimum Gasteiger partial charge on any atom is -0.496 e. The zero-order valence-corrected chi connectivity index (χ0v) is 15.2. The number of halogens is 1. The number of aromatic nitrogens is 2. The molecule has 0 aliphatic carbocycles. The quantitative estimate of drug-likeness (QED) is 0.701. The van der Waals surface area contributed by atoms with Gasteiger partial charge in [0.05, 0.1) is 7.11 Å². The monoisotopic (exact) mass is 403 g/mol. The van der Waals surface area contributed by atoms with E-state index in [-0.39, 0.29) is 5.91 Å². The molecular weight excluding hydrogens is 390 g/mol. The van der Waals surface area contributed by atoms with Crippen molar-refractivity contribution in [2.75, 3.05) is 7.11 Å². The van der Waals surface area contributed by atoms with Gasteiger partial charge in [-0.05, 0) is 29.7 Å². The van der Waals surface area contributed by atoms with Crippen LogP contribution in [0.1, 0.15) is 15.2 Å². The van der Waals surface area contributed by atoms with Crippen LogP contribution in [0.15, 0.2) is 53.0 Å². The number of carbonyl (C=O) groups is 1. The molecule has 1 aromatic heterocycles. The summed E-state index contributed by atoms with van der Waals surface area (Å²) in [5, 5.41) is 6.99. The van der Waals surface area contributed by atoms with Gasteiger partial charge >= 0.3 is 0 Å². The second-order valence-electron chi connectivity index (χ2n) is 4.95. The third kappa shape index (κ3) is 3.63. The fraction of sp³-hybridized carbons (Fsp3) is 0.118. The van der Waals surface area contributed by atoms with E-state index in [1.807, 2.05) is 48.5 Å². The molecular formula is C17H14BrN3O2S. The Bertz CT molecular complexity index is 849. The lowest BCUT2D eigenvalue weighted by molar-refractivity contribution is 0.0955. The summed E-state index contributed by atoms with van der Waals surface area (Å²) in [4.78, 5) is 13.0. The number of amides is 1. The van der Waals surface area contributed by atoms with Crippen molar-refractivity contribution >= 4 is 33.4 Å². The normalized spacial score (nSPS) is 10.4. The number of carbonyl (C=O) groups excluding carboxylic acids is 1. The van der Waals surface area contributed by atoms with Crippen molar-refractivity contribution < 1.29 is 9.53 Å². The Balaban J connectivity index is 1.77. The van der Waals surface area contributed by atoms with Crippen LogP contribution in [0.4, 0.5) is 0 Å². The zero-order valence-electron chi connectivity index (χ0n) is 12.8. The smallest absolute Gasteiger partial charge is 0.265 e. The van der Waals surface area contributed by atoms with Crippen LogP contribution in [0, 0.1) is 0 Å². The van der Waals surface area contributed by atoms with Crippen LogP contribution in [0.5, 0.6) is 5.75 Å². The molecule has 5 nitrogen and oxygen atoms in total. The lowest BCUT2D eigenvalue weighted by Gasteiger charge is -2.09. The molecule has 0 atom stereocenters. The summed E-state index contributed by atoms with van der Waals surface area (Å²) in [6, 6.07) is 15.2. The zero-order chi connectivity index (χ0) is 16.9. The summed E-state index contributed by atoms with van der Waals surface area (Å²) in [5.74, 6) is 0.544. The standard InChI is InChI=1S/C17H14BrN3O2S/c1-23-14-5-3-2-4-12(14)10-19-17(22)16-15(20-21-24-16)11-6-8-13(18)9-7-11/h2-9H,10H2,1H3,(H,19,22). The number of methoxy groups -OCH3 is 1. The summed E-state index contributed by atoms with van der Waals surface area (Å²) >= 11 is 4.48. The molecule has 122 valence electrons. The van der Waals surface area contributed by atoms with Gasteiger partial charge < -0.3 is 10.1 Å². The first-order chi connectivity index (χ1) is 11.7. The highest BCUT2D eigenvalue weighted by Gasteiger charge is 2.18. The highest BCUT2D eigenvalue weighted by molar-refractivity contribution is 9.10. The van der Waals surface area contributed by atoms with Crippen molar-refractivity contribution in [2.24, 2.45) is 0 Å². The number of nitrogens with one attached hydrogen (secondary N) is 1. The molecule has 24 heavy (non-hydrogen) atoms. The lowest BCUT2D eigenvalue weighted by Crippen LogP contribution is -2.22. The summed E-state index contributed by atoms with van der Waals surface area (Å²) < 4.78 is 10.2. The SMILES string of the molecule is COc1ccccc1CNC(=O)c1snnc1-c1ccc(Br)cc1. The molecule has 2 aromatic carbocycles. The average Bonchev–Trinajstić information content (AvgIpc) is 3.10. The highest BCUT2D eigenvalue weighted by Crippen LogP contribution is 2.25. The van der Waals surface area contributed by atoms with E-state index >= 15 is 0 Å². The Kier molecular flexibility index (Phi) is 5.22. The van der Waals surface area contributed by atoms with Gasteiger partial charge in [0.2, 0.25) is 0 Å². The fourth-order valence-corrected chi connectivity index (χ4v) is 3.11. The molecule has 7 heteroatoms. The third-order valence-corrected chi connectivity index (χ3v) is 4.70. The molecule has 0 radical (unpaired) electrons. The fourth-order valence-electron chi connectivity index (χ4n) is 2.24. The van der Waals surface area contributed by atoms with Crippen LogP contribution in [0.3, 0.4) is 0 Å². The van der Waals surface area contributed by atoms with E-state index in [2.05, 4.69) is 30.8 Å². The first-order valence-corrected chi connectivity index (χ1v) is 8.74. The molecule has 0 aliphatic rings. The van der Waals surface area contributed by atoms with E-state index < -0.39 is 0 Å². The van der Waals surface area contributed by atoms with Crippen LogP contribution < -0.4 is 10.1 Å². The van der Waals surface area contributed by atoms with Crippen LogP contribution in [0.2, 0.25) is 0 Å². The maximum absolute atomic E-state index is 12.5. The van der Waals surface area contributed by atoms with Crippen molar-refractivity contribution in [1.82, 2.24) is 14.9 Å². The maximum atomic E-state index is 12.5. The second kappa shape index (κ2) is 7.55. The maximum Gasteiger partial charge on any atom is 0.265 e. The van der Waals surface area contributed by atoms with Gasteiger partial charge in [-0.2, -0.15) is 0 Å². The Hall–Kier alpha value is -2.25. The molecule has 3 rings (SSSR count). The highest BCUT2D eigenvalue weighted by atomic mass is 79.9. The summed E-state index contributed by atoms with van der Waals surface area (Å²) in [5.41, 5.74) is 2.36. The van der Waals surface area contributed by atoms with Crippen LogP contribution in [-0.4, -0.2) is 22.6 Å². The Morgan fingerprint density at radius 1 is 1.21 bits per heavy atom. The summed E-state index contributed by atoms with van der Waals surface area (Å²) in [6.45, 7) is 0.376. The van der Waals surface area contributed by atoms with Crippen molar-refractivity contribution in [2.45, 2.75) is 6.54 Å². The van der Waals surface area contributed by atoms with E-state index in [0.717, 1.165) is 32.9 Å². The molecule has 0 spiro atoms. The molecule has 1 N–H and O–H groups in total. The van der Waals surface area contributed by atoms with Gasteiger partial charge in [-0.25, -0.2) is 0 Å². The molecule has 1 heterocycles. The van der Waals surface area contributed by atoms with Crippen LogP contribution in [0.25, 0.3) is 11.3 Å². The van der Waals surface area contributed by atoms with Gasteiger partial charge in [-0.15, -0.1) is 5.10 Å². The van der Waals surface area contributed by atoms with Gasteiger partial charge in [0, 0.05) is 22.1 Å². The number of nitrogens with zero attached hydrogens (tertiary/aromatic N) is 2. The number of benzene rings is 2. The number of hydrogen-bond donors (Lipinski definition) is 1. The topological polar surface area (TPSA) is 64.1 Å². The number of para-hydroxylation sites is 1. The molecule has 3 aromatic rings. The Morgan fingerprint density at radius 2 is 1.96 bits per heavy atom. The Labute approximate surface area is 152 Å². The molecule has 0 unspecified atom stereocenters. The first kappa shape index (κ1) is 16.6. The van der Waals surface area contributed by atoms with Crippen LogP contribution in [-0.2, 0) is 6.54 Å². The van der Waals surface area contributed by atoms with Crippen LogP contribution >= 0.6 is 27.5 Å². The van der Waals surface area contributed by atoms with Crippen molar-refractivity contribution in [1.29, 1.82) is 0 Å². The van der Waals surface area contributed by atoms with E-state index in [9.17, 15) is 4.79 Å². The summed E-state index contributed by atoms with van der Waals surface area (Å²) in [6.07, 6.45) is 0. The number of ether oxygens (including phenoxy) is 1. The Morgan fingerprint density at radius 3 is 2.71 bits per heavy atom. The third-order valence-electron chi connectivity index (χ3n) is 3.44. The lowest BCUT2D eigenvalue weighted by atomic mass is 10.1. The van der Waals surface area contributed by atoms with Crippen molar-refractivity contribution in [3.63, 3.8) is 0 Å². The van der Waals surface area contributed by atoms with Crippen molar-refractivity contribution in [3.8, 4) is 17.0 Å². The molecule has 0 bridgehead atoms. The van der Waals surface area contributed by atoms with Gasteiger partial charge in [0.25, 0.3) is 5.91 Å². The summed E-state index contributed by atoms with van der Waals surface area (Å²) in [7, 11) is 1.61. The van der Waals surface area contributed by atoms with E-state index in [1.165, 1.54) is 0 Å². The molecule has 1 amide bonds.